The molecule has 10 heteroatoms. The molecule has 300 valence electrons. The van der Waals surface area contributed by atoms with E-state index < -0.39 is 38.6 Å². The van der Waals surface area contributed by atoms with Crippen molar-refractivity contribution < 1.29 is 43.0 Å². The fraction of sp³-hybridized carbons (Fsp3) is 0.714. The molecular formula is C42H73O9P. The van der Waals surface area contributed by atoms with Gasteiger partial charge in [-0.2, -0.15) is 0 Å². The van der Waals surface area contributed by atoms with Crippen LogP contribution in [0.25, 0.3) is 0 Å². The average molecular weight is 753 g/mol. The Hall–Kier alpha value is -2.29. The van der Waals surface area contributed by atoms with Crippen molar-refractivity contribution in [2.75, 3.05) is 13.2 Å². The molecule has 3 N–H and O–H groups in total. The third-order valence-electron chi connectivity index (χ3n) is 8.40. The van der Waals surface area contributed by atoms with Crippen LogP contribution in [0.1, 0.15) is 168 Å². The second-order valence-electron chi connectivity index (χ2n) is 13.4. The Morgan fingerprint density at radius 2 is 1.08 bits per heavy atom. The zero-order valence-corrected chi connectivity index (χ0v) is 33.4. The Morgan fingerprint density at radius 3 is 1.60 bits per heavy atom. The molecule has 1 unspecified atom stereocenters. The Bertz CT molecular complexity index is 1040. The molecule has 0 radical (unpaired) electrons. The lowest BCUT2D eigenvalue weighted by Crippen LogP contribution is -2.29. The SMILES string of the molecule is CC/C=C\C/C=C\C/C=C\C/C=C\C=C\C(O)CCCC(=O)OC[C@H](COP(=O)(O)O)OC(=O)CCCCCCCCCCCCCCCCCC. The van der Waals surface area contributed by atoms with Crippen molar-refractivity contribution in [3.63, 3.8) is 0 Å². The van der Waals surface area contributed by atoms with Gasteiger partial charge in [0.1, 0.15) is 6.61 Å². The number of phosphoric ester groups is 1. The number of aliphatic hydroxyl groups excluding tert-OH is 1. The van der Waals surface area contributed by atoms with Crippen LogP contribution in [0.15, 0.2) is 60.8 Å². The van der Waals surface area contributed by atoms with Gasteiger partial charge in [-0.3, -0.25) is 14.1 Å². The lowest BCUT2D eigenvalue weighted by atomic mass is 10.0. The van der Waals surface area contributed by atoms with E-state index in [9.17, 15) is 19.3 Å². The monoisotopic (exact) mass is 752 g/mol. The van der Waals surface area contributed by atoms with Crippen molar-refractivity contribution in [1.82, 2.24) is 0 Å². The first-order valence-corrected chi connectivity index (χ1v) is 21.7. The highest BCUT2D eigenvalue weighted by molar-refractivity contribution is 7.46. The Labute approximate surface area is 316 Å². The second-order valence-corrected chi connectivity index (χ2v) is 14.7. The van der Waals surface area contributed by atoms with Gasteiger partial charge in [0.05, 0.1) is 12.7 Å². The number of ether oxygens (including phenoxy) is 2. The number of phosphoric acid groups is 1. The lowest BCUT2D eigenvalue weighted by molar-refractivity contribution is -0.161. The minimum Gasteiger partial charge on any atom is -0.462 e. The number of hydrogen-bond donors (Lipinski definition) is 3. The summed E-state index contributed by atoms with van der Waals surface area (Å²) in [5, 5.41) is 10.2. The van der Waals surface area contributed by atoms with Crippen LogP contribution in [0.4, 0.5) is 0 Å². The molecule has 9 nitrogen and oxygen atoms in total. The van der Waals surface area contributed by atoms with E-state index in [1.807, 2.05) is 12.2 Å². The molecule has 0 aromatic carbocycles. The van der Waals surface area contributed by atoms with Gasteiger partial charge in [0.25, 0.3) is 0 Å². The predicted molar refractivity (Wildman–Crippen MR) is 213 cm³/mol. The maximum Gasteiger partial charge on any atom is 0.469 e. The molecule has 52 heavy (non-hydrogen) atoms. The highest BCUT2D eigenvalue weighted by Crippen LogP contribution is 2.36. The van der Waals surface area contributed by atoms with E-state index in [1.165, 1.54) is 77.0 Å². The molecule has 0 saturated carbocycles. The molecule has 0 amide bonds. The van der Waals surface area contributed by atoms with Gasteiger partial charge in [-0.15, -0.1) is 0 Å². The lowest BCUT2D eigenvalue weighted by Gasteiger charge is -2.18. The van der Waals surface area contributed by atoms with E-state index in [-0.39, 0.29) is 19.4 Å². The van der Waals surface area contributed by atoms with E-state index in [2.05, 4.69) is 54.8 Å². The molecule has 0 saturated heterocycles. The Kier molecular flexibility index (Phi) is 35.4. The predicted octanol–water partition coefficient (Wildman–Crippen LogP) is 11.1. The van der Waals surface area contributed by atoms with Crippen molar-refractivity contribution >= 4 is 19.8 Å². The zero-order chi connectivity index (χ0) is 38.4. The standard InChI is InChI=1S/C42H73O9P/c1-3-5-7-9-11-13-15-17-18-19-21-23-25-27-29-31-35-42(45)51-40(38-50-52(46,47)48)37-49-41(44)36-32-34-39(43)33-30-28-26-24-22-20-16-14-12-10-8-6-4-2/h6,8,12,14,20,22,26,28,30,33,39-40,43H,3-5,7,9-11,13,15-19,21,23-25,27,29,31-32,34-38H2,1-2H3,(H2,46,47,48)/b8-6-,14-12-,22-20-,28-26-,33-30+/t39?,40-/m1/s1. The summed E-state index contributed by atoms with van der Waals surface area (Å²) in [5.74, 6) is -1.09. The summed E-state index contributed by atoms with van der Waals surface area (Å²) in [6.45, 7) is 3.40. The fourth-order valence-corrected chi connectivity index (χ4v) is 5.76. The first kappa shape index (κ1) is 49.7. The Morgan fingerprint density at radius 1 is 0.596 bits per heavy atom. The molecular weight excluding hydrogens is 679 g/mol. The summed E-state index contributed by atoms with van der Waals surface area (Å²) in [6, 6.07) is 0. The Balaban J connectivity index is 4.13. The largest absolute Gasteiger partial charge is 0.469 e. The third kappa shape index (κ3) is 38.9. The topological polar surface area (TPSA) is 140 Å². The molecule has 0 fully saturated rings. The van der Waals surface area contributed by atoms with Crippen LogP contribution < -0.4 is 0 Å². The number of esters is 2. The normalized spacial score (nSPS) is 13.7. The van der Waals surface area contributed by atoms with Crippen LogP contribution in [-0.2, 0) is 28.2 Å². The van der Waals surface area contributed by atoms with Crippen LogP contribution in [0.2, 0.25) is 0 Å². The number of aliphatic hydroxyl groups is 1. The third-order valence-corrected chi connectivity index (χ3v) is 8.89. The molecule has 0 aromatic rings. The quantitative estimate of drug-likeness (QED) is 0.0187. The van der Waals surface area contributed by atoms with Crippen LogP contribution in [0, 0.1) is 0 Å². The maximum absolute atomic E-state index is 12.4. The molecule has 0 aliphatic carbocycles. The van der Waals surface area contributed by atoms with Crippen molar-refractivity contribution in [3.05, 3.63) is 60.8 Å². The fourth-order valence-electron chi connectivity index (χ4n) is 5.40. The molecule has 0 spiro atoms. The number of rotatable bonds is 36. The van der Waals surface area contributed by atoms with E-state index in [0.717, 1.165) is 44.9 Å². The van der Waals surface area contributed by atoms with Gasteiger partial charge in [0, 0.05) is 12.8 Å². The summed E-state index contributed by atoms with van der Waals surface area (Å²) in [5.41, 5.74) is 0. The van der Waals surface area contributed by atoms with Gasteiger partial charge in [0.2, 0.25) is 0 Å². The zero-order valence-electron chi connectivity index (χ0n) is 32.6. The smallest absolute Gasteiger partial charge is 0.462 e. The van der Waals surface area contributed by atoms with Gasteiger partial charge in [-0.1, -0.05) is 171 Å². The molecule has 0 aliphatic rings. The summed E-state index contributed by atoms with van der Waals surface area (Å²) in [7, 11) is -4.80. The summed E-state index contributed by atoms with van der Waals surface area (Å²) < 4.78 is 26.2. The molecule has 0 rings (SSSR count). The van der Waals surface area contributed by atoms with Gasteiger partial charge < -0.3 is 24.4 Å². The number of hydrogen-bond acceptors (Lipinski definition) is 7. The van der Waals surface area contributed by atoms with Gasteiger partial charge >= 0.3 is 19.8 Å². The summed E-state index contributed by atoms with van der Waals surface area (Å²) in [4.78, 5) is 42.8. The molecule has 0 bridgehead atoms. The number of allylic oxidation sites excluding steroid dienone is 9. The van der Waals surface area contributed by atoms with E-state index in [4.69, 9.17) is 19.3 Å². The van der Waals surface area contributed by atoms with Crippen LogP contribution in [0.3, 0.4) is 0 Å². The first-order chi connectivity index (χ1) is 25.2. The van der Waals surface area contributed by atoms with E-state index in [0.29, 0.717) is 19.3 Å². The van der Waals surface area contributed by atoms with Gasteiger partial charge in [0.15, 0.2) is 6.10 Å². The minimum atomic E-state index is -4.80. The van der Waals surface area contributed by atoms with Crippen molar-refractivity contribution in [1.29, 1.82) is 0 Å². The van der Waals surface area contributed by atoms with E-state index >= 15 is 0 Å². The number of unbranched alkanes of at least 4 members (excludes halogenated alkanes) is 15. The van der Waals surface area contributed by atoms with Crippen LogP contribution >= 0.6 is 7.82 Å². The second kappa shape index (κ2) is 37.0. The van der Waals surface area contributed by atoms with Crippen LogP contribution in [-0.4, -0.2) is 52.3 Å². The van der Waals surface area contributed by atoms with Crippen molar-refractivity contribution in [3.8, 4) is 0 Å². The highest BCUT2D eigenvalue weighted by Gasteiger charge is 2.23. The molecule has 0 heterocycles. The number of carbonyl (C=O) groups is 2. The van der Waals surface area contributed by atoms with Gasteiger partial charge in [-0.05, 0) is 44.9 Å². The van der Waals surface area contributed by atoms with Crippen molar-refractivity contribution in [2.24, 2.45) is 0 Å². The maximum atomic E-state index is 12.4. The summed E-state index contributed by atoms with van der Waals surface area (Å²) in [6.07, 6.45) is 42.6. The average Bonchev–Trinajstić information content (AvgIpc) is 3.10. The molecule has 2 atom stereocenters. The first-order valence-electron chi connectivity index (χ1n) is 20.2. The minimum absolute atomic E-state index is 0.0358. The summed E-state index contributed by atoms with van der Waals surface area (Å²) >= 11 is 0. The molecule has 0 aliphatic heterocycles. The highest BCUT2D eigenvalue weighted by atomic mass is 31.2. The van der Waals surface area contributed by atoms with Gasteiger partial charge in [-0.25, -0.2) is 4.57 Å². The van der Waals surface area contributed by atoms with Crippen molar-refractivity contribution in [2.45, 2.75) is 180 Å². The van der Waals surface area contributed by atoms with E-state index in [1.54, 1.807) is 12.2 Å². The van der Waals surface area contributed by atoms with Crippen LogP contribution in [0.5, 0.6) is 0 Å². The molecule has 0 aromatic heterocycles. The number of carbonyl (C=O) groups excluding carboxylic acids is 2.